The van der Waals surface area contributed by atoms with Gasteiger partial charge in [0.1, 0.15) is 0 Å². The Hall–Kier alpha value is -1.88. The number of carbonyl (C=O) groups is 2. The summed E-state index contributed by atoms with van der Waals surface area (Å²) in [4.78, 5) is 25.2. The minimum absolute atomic E-state index is 0.0587. The molecule has 0 aliphatic carbocycles. The lowest BCUT2D eigenvalue weighted by atomic mass is 10.0. The number of carbonyl (C=O) groups excluding carboxylic acids is 2. The standard InChI is InChI=1S/C15H23N3O2/c1-11(2)18(10-14(16)19)15(20)13-7-5-4-6-12(13)8-9-17-3/h4-7,11,17H,8-10H2,1-3H3,(H2,16,19). The van der Waals surface area contributed by atoms with Crippen molar-refractivity contribution >= 4 is 11.8 Å². The fourth-order valence-corrected chi connectivity index (χ4v) is 2.02. The number of benzene rings is 1. The number of nitrogens with zero attached hydrogens (tertiary/aromatic N) is 1. The molecule has 1 aromatic rings. The number of rotatable bonds is 7. The molecule has 1 aromatic carbocycles. The molecule has 0 aliphatic rings. The molecule has 110 valence electrons. The van der Waals surface area contributed by atoms with Crippen molar-refractivity contribution in [1.29, 1.82) is 0 Å². The molecule has 5 heteroatoms. The van der Waals surface area contributed by atoms with Crippen LogP contribution < -0.4 is 11.1 Å². The quantitative estimate of drug-likeness (QED) is 0.773. The summed E-state index contributed by atoms with van der Waals surface area (Å²) < 4.78 is 0. The van der Waals surface area contributed by atoms with Crippen molar-refractivity contribution in [2.45, 2.75) is 26.3 Å². The van der Waals surface area contributed by atoms with Crippen LogP contribution in [-0.4, -0.2) is 42.9 Å². The van der Waals surface area contributed by atoms with Crippen molar-refractivity contribution in [1.82, 2.24) is 10.2 Å². The molecule has 0 atom stereocenters. The molecule has 0 bridgehead atoms. The number of hydrogen-bond donors (Lipinski definition) is 2. The van der Waals surface area contributed by atoms with Gasteiger partial charge in [-0.1, -0.05) is 18.2 Å². The average Bonchev–Trinajstić information content (AvgIpc) is 2.41. The van der Waals surface area contributed by atoms with Gasteiger partial charge >= 0.3 is 0 Å². The third-order valence-electron chi connectivity index (χ3n) is 3.10. The van der Waals surface area contributed by atoms with E-state index < -0.39 is 5.91 Å². The van der Waals surface area contributed by atoms with Crippen LogP contribution in [0.4, 0.5) is 0 Å². The van der Waals surface area contributed by atoms with E-state index in [1.165, 1.54) is 4.90 Å². The Balaban J connectivity index is 3.02. The summed E-state index contributed by atoms with van der Waals surface area (Å²) >= 11 is 0. The molecule has 0 fully saturated rings. The fraction of sp³-hybridized carbons (Fsp3) is 0.467. The average molecular weight is 277 g/mol. The van der Waals surface area contributed by atoms with Gasteiger partial charge in [-0.05, 0) is 45.5 Å². The second kappa shape index (κ2) is 7.65. The predicted octanol–water partition coefficient (Wildman–Crippen LogP) is 0.784. The molecule has 20 heavy (non-hydrogen) atoms. The number of nitrogens with two attached hydrogens (primary N) is 1. The van der Waals surface area contributed by atoms with Gasteiger partial charge in [-0.2, -0.15) is 0 Å². The van der Waals surface area contributed by atoms with E-state index in [1.807, 2.05) is 39.1 Å². The minimum atomic E-state index is -0.500. The van der Waals surface area contributed by atoms with Crippen molar-refractivity contribution in [2.75, 3.05) is 20.1 Å². The maximum absolute atomic E-state index is 12.6. The second-order valence-corrected chi connectivity index (χ2v) is 5.00. The summed E-state index contributed by atoms with van der Waals surface area (Å²) in [5, 5.41) is 3.07. The Morgan fingerprint density at radius 3 is 2.50 bits per heavy atom. The number of hydrogen-bond acceptors (Lipinski definition) is 3. The molecule has 3 N–H and O–H groups in total. The summed E-state index contributed by atoms with van der Waals surface area (Å²) in [5.41, 5.74) is 6.83. The SMILES string of the molecule is CNCCc1ccccc1C(=O)N(CC(N)=O)C(C)C. The van der Waals surface area contributed by atoms with Crippen LogP contribution in [0, 0.1) is 0 Å². The molecule has 0 unspecified atom stereocenters. The fourth-order valence-electron chi connectivity index (χ4n) is 2.02. The maximum atomic E-state index is 12.6. The number of primary amides is 1. The van der Waals surface area contributed by atoms with E-state index in [1.54, 1.807) is 6.07 Å². The van der Waals surface area contributed by atoms with Crippen LogP contribution in [0.2, 0.25) is 0 Å². The second-order valence-electron chi connectivity index (χ2n) is 5.00. The van der Waals surface area contributed by atoms with Crippen molar-refractivity contribution in [3.63, 3.8) is 0 Å². The first-order valence-electron chi connectivity index (χ1n) is 6.79. The molecule has 5 nitrogen and oxygen atoms in total. The van der Waals surface area contributed by atoms with Crippen LogP contribution >= 0.6 is 0 Å². The molecule has 0 saturated heterocycles. The van der Waals surface area contributed by atoms with E-state index in [-0.39, 0.29) is 18.5 Å². The Morgan fingerprint density at radius 1 is 1.30 bits per heavy atom. The smallest absolute Gasteiger partial charge is 0.254 e. The lowest BCUT2D eigenvalue weighted by molar-refractivity contribution is -0.119. The number of likely N-dealkylation sites (N-methyl/N-ethyl adjacent to an activating group) is 1. The van der Waals surface area contributed by atoms with Gasteiger partial charge in [0, 0.05) is 11.6 Å². The maximum Gasteiger partial charge on any atom is 0.254 e. The van der Waals surface area contributed by atoms with Crippen LogP contribution in [0.5, 0.6) is 0 Å². The largest absolute Gasteiger partial charge is 0.368 e. The van der Waals surface area contributed by atoms with E-state index in [4.69, 9.17) is 5.73 Å². The normalized spacial score (nSPS) is 10.6. The van der Waals surface area contributed by atoms with Gasteiger partial charge < -0.3 is 16.0 Å². The molecule has 2 amide bonds. The van der Waals surface area contributed by atoms with E-state index in [0.29, 0.717) is 5.56 Å². The highest BCUT2D eigenvalue weighted by atomic mass is 16.2. The summed E-state index contributed by atoms with van der Waals surface area (Å²) in [7, 11) is 1.87. The van der Waals surface area contributed by atoms with Crippen molar-refractivity contribution in [3.05, 3.63) is 35.4 Å². The molecule has 1 rings (SSSR count). The van der Waals surface area contributed by atoms with Crippen LogP contribution in [0.3, 0.4) is 0 Å². The summed E-state index contributed by atoms with van der Waals surface area (Å²) in [6.07, 6.45) is 0.765. The van der Waals surface area contributed by atoms with Crippen LogP contribution in [0.1, 0.15) is 29.8 Å². The summed E-state index contributed by atoms with van der Waals surface area (Å²) in [6.45, 7) is 4.48. The highest BCUT2D eigenvalue weighted by Gasteiger charge is 2.22. The lowest BCUT2D eigenvalue weighted by Gasteiger charge is -2.26. The zero-order chi connectivity index (χ0) is 15.1. The van der Waals surface area contributed by atoms with E-state index >= 15 is 0 Å². The van der Waals surface area contributed by atoms with Crippen LogP contribution in [0.25, 0.3) is 0 Å². The Morgan fingerprint density at radius 2 is 1.95 bits per heavy atom. The first-order valence-corrected chi connectivity index (χ1v) is 6.79. The highest BCUT2D eigenvalue weighted by molar-refractivity contribution is 5.97. The zero-order valence-corrected chi connectivity index (χ0v) is 12.3. The molecule has 0 spiro atoms. The first kappa shape index (κ1) is 16.2. The summed E-state index contributed by atoms with van der Waals surface area (Å²) in [5.74, 6) is -0.648. The lowest BCUT2D eigenvalue weighted by Crippen LogP contribution is -2.43. The van der Waals surface area contributed by atoms with Crippen LogP contribution in [0.15, 0.2) is 24.3 Å². The Bertz CT molecular complexity index is 472. The number of amides is 2. The highest BCUT2D eigenvalue weighted by Crippen LogP contribution is 2.14. The van der Waals surface area contributed by atoms with Gasteiger partial charge in [0.25, 0.3) is 5.91 Å². The topological polar surface area (TPSA) is 75.4 Å². The van der Waals surface area contributed by atoms with E-state index in [0.717, 1.165) is 18.5 Å². The molecule has 0 aliphatic heterocycles. The van der Waals surface area contributed by atoms with Crippen LogP contribution in [-0.2, 0) is 11.2 Å². The van der Waals surface area contributed by atoms with Crippen molar-refractivity contribution in [2.24, 2.45) is 5.73 Å². The minimum Gasteiger partial charge on any atom is -0.368 e. The van der Waals surface area contributed by atoms with Gasteiger partial charge in [-0.25, -0.2) is 0 Å². The Kier molecular flexibility index (Phi) is 6.18. The molecule has 0 saturated carbocycles. The molecular formula is C15H23N3O2. The zero-order valence-electron chi connectivity index (χ0n) is 12.3. The monoisotopic (exact) mass is 277 g/mol. The third kappa shape index (κ3) is 4.35. The summed E-state index contributed by atoms with van der Waals surface area (Å²) in [6, 6.07) is 7.40. The number of nitrogens with one attached hydrogen (secondary N) is 1. The van der Waals surface area contributed by atoms with Gasteiger partial charge in [0.05, 0.1) is 6.54 Å². The molecule has 0 heterocycles. The van der Waals surface area contributed by atoms with E-state index in [9.17, 15) is 9.59 Å². The Labute approximate surface area is 120 Å². The van der Waals surface area contributed by atoms with Crippen molar-refractivity contribution in [3.8, 4) is 0 Å². The third-order valence-corrected chi connectivity index (χ3v) is 3.10. The van der Waals surface area contributed by atoms with Gasteiger partial charge in [0.2, 0.25) is 5.91 Å². The van der Waals surface area contributed by atoms with Gasteiger partial charge in [0.15, 0.2) is 0 Å². The molecule has 0 aromatic heterocycles. The van der Waals surface area contributed by atoms with Crippen molar-refractivity contribution < 1.29 is 9.59 Å². The van der Waals surface area contributed by atoms with Gasteiger partial charge in [-0.15, -0.1) is 0 Å². The van der Waals surface area contributed by atoms with E-state index in [2.05, 4.69) is 5.32 Å². The first-order chi connectivity index (χ1) is 9.47. The molecular weight excluding hydrogens is 254 g/mol. The predicted molar refractivity (Wildman–Crippen MR) is 79.4 cm³/mol. The molecule has 0 radical (unpaired) electrons. The van der Waals surface area contributed by atoms with Gasteiger partial charge in [-0.3, -0.25) is 9.59 Å².